The topological polar surface area (TPSA) is 78.0 Å². The number of hydrogen-bond acceptors (Lipinski definition) is 5. The Morgan fingerprint density at radius 3 is 3.00 bits per heavy atom. The Hall–Kier alpha value is -1.28. The van der Waals surface area contributed by atoms with Gasteiger partial charge < -0.3 is 4.74 Å². The number of ether oxygens (including phenoxy) is 1. The molecule has 6 nitrogen and oxygen atoms in total. The number of hydrogen-bond donors (Lipinski definition) is 2. The van der Waals surface area contributed by atoms with E-state index in [4.69, 9.17) is 10.6 Å². The van der Waals surface area contributed by atoms with Crippen molar-refractivity contribution in [3.05, 3.63) is 46.5 Å². The molecular formula is C13H18BrN5O. The van der Waals surface area contributed by atoms with Gasteiger partial charge in [0.05, 0.1) is 35.6 Å². The van der Waals surface area contributed by atoms with E-state index in [1.54, 1.807) is 19.5 Å². The van der Waals surface area contributed by atoms with Crippen molar-refractivity contribution in [2.45, 2.75) is 19.0 Å². The van der Waals surface area contributed by atoms with E-state index in [2.05, 4.69) is 31.4 Å². The number of rotatable bonds is 7. The summed E-state index contributed by atoms with van der Waals surface area (Å²) < 4.78 is 7.93. The van der Waals surface area contributed by atoms with E-state index in [1.165, 1.54) is 0 Å². The molecule has 0 aromatic carbocycles. The Morgan fingerprint density at radius 1 is 1.50 bits per heavy atom. The van der Waals surface area contributed by atoms with Gasteiger partial charge in [-0.05, 0) is 34.0 Å². The zero-order valence-corrected chi connectivity index (χ0v) is 12.9. The van der Waals surface area contributed by atoms with Crippen LogP contribution in [0.25, 0.3) is 0 Å². The van der Waals surface area contributed by atoms with Crippen molar-refractivity contribution >= 4 is 15.9 Å². The largest absolute Gasteiger partial charge is 0.383 e. The fourth-order valence-corrected chi connectivity index (χ4v) is 2.64. The monoisotopic (exact) mass is 339 g/mol. The average molecular weight is 340 g/mol. The lowest BCUT2D eigenvalue weighted by atomic mass is 10.1. The normalized spacial score (nSPS) is 12.6. The summed E-state index contributed by atoms with van der Waals surface area (Å²) in [5.74, 6) is 5.71. The predicted octanol–water partition coefficient (Wildman–Crippen LogP) is 1.43. The van der Waals surface area contributed by atoms with Crippen molar-refractivity contribution in [3.8, 4) is 0 Å². The molecule has 1 unspecified atom stereocenters. The first kappa shape index (κ1) is 15.1. The van der Waals surface area contributed by atoms with Crippen molar-refractivity contribution < 1.29 is 4.74 Å². The highest BCUT2D eigenvalue weighted by Crippen LogP contribution is 2.25. The van der Waals surface area contributed by atoms with Gasteiger partial charge in [0, 0.05) is 19.5 Å². The van der Waals surface area contributed by atoms with Gasteiger partial charge >= 0.3 is 0 Å². The van der Waals surface area contributed by atoms with Crippen LogP contribution in [0.5, 0.6) is 0 Å². The first-order chi connectivity index (χ1) is 9.76. The van der Waals surface area contributed by atoms with Gasteiger partial charge in [0.1, 0.15) is 0 Å². The second-order valence-electron chi connectivity index (χ2n) is 4.38. The molecule has 2 heterocycles. The van der Waals surface area contributed by atoms with E-state index in [0.717, 1.165) is 22.2 Å². The molecule has 2 rings (SSSR count). The molecule has 1 atom stereocenters. The Kier molecular flexibility index (Phi) is 5.66. The van der Waals surface area contributed by atoms with Gasteiger partial charge in [-0.1, -0.05) is 6.07 Å². The summed E-state index contributed by atoms with van der Waals surface area (Å²) in [5, 5.41) is 4.34. The zero-order valence-electron chi connectivity index (χ0n) is 11.3. The molecule has 7 heteroatoms. The van der Waals surface area contributed by atoms with Crippen molar-refractivity contribution in [3.63, 3.8) is 0 Å². The van der Waals surface area contributed by atoms with E-state index >= 15 is 0 Å². The van der Waals surface area contributed by atoms with Crippen LogP contribution in [-0.2, 0) is 17.7 Å². The molecule has 0 bridgehead atoms. The average Bonchev–Trinajstić information content (AvgIpc) is 2.84. The van der Waals surface area contributed by atoms with Gasteiger partial charge in [-0.2, -0.15) is 5.10 Å². The fourth-order valence-electron chi connectivity index (χ4n) is 2.06. The first-order valence-electron chi connectivity index (χ1n) is 6.31. The number of methoxy groups -OCH3 is 1. The van der Waals surface area contributed by atoms with Crippen LogP contribution in [0.4, 0.5) is 0 Å². The lowest BCUT2D eigenvalue weighted by molar-refractivity contribution is 0.181. The third-order valence-electron chi connectivity index (χ3n) is 3.03. The predicted molar refractivity (Wildman–Crippen MR) is 79.8 cm³/mol. The Labute approximate surface area is 126 Å². The summed E-state index contributed by atoms with van der Waals surface area (Å²) in [7, 11) is 1.67. The maximum absolute atomic E-state index is 5.71. The highest BCUT2D eigenvalue weighted by molar-refractivity contribution is 9.10. The molecule has 0 aliphatic rings. The van der Waals surface area contributed by atoms with E-state index in [-0.39, 0.29) is 6.04 Å². The fraction of sp³-hybridized carbons (Fsp3) is 0.385. The molecule has 0 spiro atoms. The van der Waals surface area contributed by atoms with Gasteiger partial charge in [-0.3, -0.25) is 20.9 Å². The van der Waals surface area contributed by atoms with Crippen LogP contribution in [-0.4, -0.2) is 28.5 Å². The number of halogens is 1. The molecule has 2 aromatic rings. The summed E-state index contributed by atoms with van der Waals surface area (Å²) in [4.78, 5) is 4.13. The number of aromatic nitrogens is 3. The molecule has 0 aliphatic carbocycles. The van der Waals surface area contributed by atoms with E-state index in [9.17, 15) is 0 Å². The molecule has 3 N–H and O–H groups in total. The number of pyridine rings is 1. The molecule has 0 saturated heterocycles. The van der Waals surface area contributed by atoms with E-state index in [1.807, 2.05) is 23.0 Å². The molecule has 0 saturated carbocycles. The number of nitrogens with two attached hydrogens (primary N) is 1. The molecule has 2 aromatic heterocycles. The number of nitrogens with one attached hydrogen (secondary N) is 1. The zero-order chi connectivity index (χ0) is 14.4. The van der Waals surface area contributed by atoms with Gasteiger partial charge in [0.2, 0.25) is 0 Å². The van der Waals surface area contributed by atoms with Crippen molar-refractivity contribution in [2.75, 3.05) is 13.7 Å². The van der Waals surface area contributed by atoms with Crippen LogP contribution in [0.2, 0.25) is 0 Å². The molecule has 0 fully saturated rings. The Balaban J connectivity index is 2.20. The standard InChI is InChI=1S/C13H18BrN5O/c1-20-6-5-19-13(11(14)9-17-19)12(18-15)7-10-3-2-4-16-8-10/h2-4,8-9,12,18H,5-7,15H2,1H3. The number of hydrazine groups is 1. The second-order valence-corrected chi connectivity index (χ2v) is 5.23. The minimum Gasteiger partial charge on any atom is -0.383 e. The van der Waals surface area contributed by atoms with Crippen molar-refractivity contribution in [1.29, 1.82) is 0 Å². The molecule has 108 valence electrons. The lowest BCUT2D eigenvalue weighted by Gasteiger charge is -2.18. The van der Waals surface area contributed by atoms with Crippen LogP contribution in [0.1, 0.15) is 17.3 Å². The SMILES string of the molecule is COCCn1ncc(Br)c1C(Cc1cccnc1)NN. The maximum Gasteiger partial charge on any atom is 0.0713 e. The summed E-state index contributed by atoms with van der Waals surface area (Å²) >= 11 is 3.53. The summed E-state index contributed by atoms with van der Waals surface area (Å²) in [6.45, 7) is 1.29. The van der Waals surface area contributed by atoms with Crippen molar-refractivity contribution in [2.24, 2.45) is 5.84 Å². The third-order valence-corrected chi connectivity index (χ3v) is 3.65. The summed E-state index contributed by atoms with van der Waals surface area (Å²) in [5.41, 5.74) is 4.97. The maximum atomic E-state index is 5.71. The van der Waals surface area contributed by atoms with Gasteiger partial charge in [0.25, 0.3) is 0 Å². The molecule has 0 aliphatic heterocycles. The van der Waals surface area contributed by atoms with Crippen LogP contribution in [0.15, 0.2) is 35.2 Å². The third kappa shape index (κ3) is 3.63. The van der Waals surface area contributed by atoms with Crippen molar-refractivity contribution in [1.82, 2.24) is 20.2 Å². The number of nitrogens with zero attached hydrogens (tertiary/aromatic N) is 3. The van der Waals surface area contributed by atoms with Crippen LogP contribution >= 0.6 is 15.9 Å². The molecule has 0 amide bonds. The minimum absolute atomic E-state index is 0.0482. The first-order valence-corrected chi connectivity index (χ1v) is 7.10. The summed E-state index contributed by atoms with van der Waals surface area (Å²) in [6.07, 6.45) is 6.11. The smallest absolute Gasteiger partial charge is 0.0713 e. The molecule has 0 radical (unpaired) electrons. The quantitative estimate of drug-likeness (QED) is 0.589. The Morgan fingerprint density at radius 2 is 2.35 bits per heavy atom. The lowest BCUT2D eigenvalue weighted by Crippen LogP contribution is -2.32. The molecular weight excluding hydrogens is 322 g/mol. The highest BCUT2D eigenvalue weighted by Gasteiger charge is 2.19. The van der Waals surface area contributed by atoms with Crippen LogP contribution < -0.4 is 11.3 Å². The van der Waals surface area contributed by atoms with Gasteiger partial charge in [-0.25, -0.2) is 0 Å². The van der Waals surface area contributed by atoms with Gasteiger partial charge in [-0.15, -0.1) is 0 Å². The minimum atomic E-state index is -0.0482. The Bertz CT molecular complexity index is 531. The van der Waals surface area contributed by atoms with Crippen LogP contribution in [0, 0.1) is 0 Å². The van der Waals surface area contributed by atoms with Crippen LogP contribution in [0.3, 0.4) is 0 Å². The van der Waals surface area contributed by atoms with E-state index in [0.29, 0.717) is 13.2 Å². The second kappa shape index (κ2) is 7.49. The summed E-state index contributed by atoms with van der Waals surface area (Å²) in [6, 6.07) is 3.90. The van der Waals surface area contributed by atoms with Gasteiger partial charge in [0.15, 0.2) is 0 Å². The highest BCUT2D eigenvalue weighted by atomic mass is 79.9. The molecule has 20 heavy (non-hydrogen) atoms. The van der Waals surface area contributed by atoms with E-state index < -0.39 is 0 Å².